The minimum Gasteiger partial charge on any atom is -0.423 e. The van der Waals surface area contributed by atoms with Crippen molar-refractivity contribution >= 4 is 35.1 Å². The molecule has 7 heteroatoms. The van der Waals surface area contributed by atoms with E-state index in [1.807, 2.05) is 19.1 Å². The van der Waals surface area contributed by atoms with Gasteiger partial charge in [-0.3, -0.25) is 14.4 Å². The summed E-state index contributed by atoms with van der Waals surface area (Å²) in [6.07, 6.45) is 0. The molecule has 154 valence electrons. The first-order chi connectivity index (χ1) is 14.8. The van der Waals surface area contributed by atoms with Crippen molar-refractivity contribution < 1.29 is 23.9 Å². The molecule has 4 rings (SSSR count). The van der Waals surface area contributed by atoms with Crippen LogP contribution in [0, 0.1) is 6.92 Å². The highest BCUT2D eigenvalue weighted by atomic mass is 16.5. The van der Waals surface area contributed by atoms with Crippen LogP contribution in [-0.2, 0) is 4.79 Å². The Kier molecular flexibility index (Phi) is 5.09. The minimum atomic E-state index is -0.683. The second kappa shape index (κ2) is 7.87. The molecule has 0 bridgehead atoms. The van der Waals surface area contributed by atoms with Crippen molar-refractivity contribution in [2.24, 2.45) is 0 Å². The van der Waals surface area contributed by atoms with Crippen molar-refractivity contribution in [3.63, 3.8) is 0 Å². The topological polar surface area (TPSA) is 92.8 Å². The highest BCUT2D eigenvalue weighted by Crippen LogP contribution is 2.31. The van der Waals surface area contributed by atoms with Crippen LogP contribution in [0.3, 0.4) is 0 Å². The van der Waals surface area contributed by atoms with Gasteiger partial charge >= 0.3 is 5.97 Å². The highest BCUT2D eigenvalue weighted by molar-refractivity contribution is 6.35. The summed E-state index contributed by atoms with van der Waals surface area (Å²) < 4.78 is 5.38. The number of esters is 1. The second-order valence-electron chi connectivity index (χ2n) is 7.09. The SMILES string of the molecule is CC(=O)Nc1cccc(OC(=O)c2ccc3c(c2)C(=O)N(c2ccccc2C)C3=O)c1. The van der Waals surface area contributed by atoms with Crippen molar-refractivity contribution in [2.75, 3.05) is 10.2 Å². The second-order valence-corrected chi connectivity index (χ2v) is 7.09. The molecular weight excluding hydrogens is 396 g/mol. The van der Waals surface area contributed by atoms with E-state index in [0.717, 1.165) is 10.5 Å². The summed E-state index contributed by atoms with van der Waals surface area (Å²) in [5.74, 6) is -1.62. The summed E-state index contributed by atoms with van der Waals surface area (Å²) in [5.41, 5.74) is 2.30. The normalized spacial score (nSPS) is 12.5. The van der Waals surface area contributed by atoms with Crippen LogP contribution in [0.25, 0.3) is 0 Å². The zero-order valence-corrected chi connectivity index (χ0v) is 16.8. The fourth-order valence-corrected chi connectivity index (χ4v) is 3.41. The number of benzene rings is 3. The van der Waals surface area contributed by atoms with E-state index >= 15 is 0 Å². The molecule has 0 fully saturated rings. The van der Waals surface area contributed by atoms with Gasteiger partial charge in [0.25, 0.3) is 11.8 Å². The molecule has 1 aliphatic heterocycles. The Morgan fingerprint density at radius 1 is 0.871 bits per heavy atom. The Labute approximate surface area is 178 Å². The van der Waals surface area contributed by atoms with Gasteiger partial charge < -0.3 is 10.1 Å². The number of amides is 3. The maximum atomic E-state index is 13.0. The number of aryl methyl sites for hydroxylation is 1. The van der Waals surface area contributed by atoms with Crippen molar-refractivity contribution in [2.45, 2.75) is 13.8 Å². The molecule has 0 aromatic heterocycles. The van der Waals surface area contributed by atoms with E-state index in [1.165, 1.54) is 31.2 Å². The van der Waals surface area contributed by atoms with Crippen LogP contribution in [0.5, 0.6) is 5.75 Å². The molecule has 0 saturated heterocycles. The summed E-state index contributed by atoms with van der Waals surface area (Å²) in [7, 11) is 0. The van der Waals surface area contributed by atoms with E-state index in [0.29, 0.717) is 11.4 Å². The van der Waals surface area contributed by atoms with Crippen LogP contribution in [0.4, 0.5) is 11.4 Å². The summed E-state index contributed by atoms with van der Waals surface area (Å²) in [6.45, 7) is 3.19. The zero-order valence-electron chi connectivity index (χ0n) is 16.8. The first-order valence-corrected chi connectivity index (χ1v) is 9.53. The van der Waals surface area contributed by atoms with Gasteiger partial charge in [0.05, 0.1) is 22.4 Å². The van der Waals surface area contributed by atoms with Crippen LogP contribution < -0.4 is 15.0 Å². The van der Waals surface area contributed by atoms with E-state index in [2.05, 4.69) is 5.32 Å². The van der Waals surface area contributed by atoms with Crippen LogP contribution >= 0.6 is 0 Å². The van der Waals surface area contributed by atoms with E-state index in [-0.39, 0.29) is 28.3 Å². The molecule has 0 atom stereocenters. The molecule has 0 aliphatic carbocycles. The van der Waals surface area contributed by atoms with Crippen LogP contribution in [0.15, 0.2) is 66.7 Å². The standard InChI is InChI=1S/C24H18N2O5/c1-14-6-3-4-9-21(14)26-22(28)19-11-10-16(12-20(19)23(26)29)24(30)31-18-8-5-7-17(13-18)25-15(2)27/h3-13H,1-2H3,(H,25,27). The lowest BCUT2D eigenvalue weighted by atomic mass is 10.1. The summed E-state index contributed by atoms with van der Waals surface area (Å²) in [4.78, 5) is 50.7. The van der Waals surface area contributed by atoms with E-state index in [4.69, 9.17) is 4.74 Å². The third-order valence-corrected chi connectivity index (χ3v) is 4.84. The number of imide groups is 1. The van der Waals surface area contributed by atoms with Crippen LogP contribution in [0.1, 0.15) is 43.6 Å². The quantitative estimate of drug-likeness (QED) is 0.396. The molecule has 3 aromatic rings. The molecule has 0 spiro atoms. The lowest BCUT2D eigenvalue weighted by Crippen LogP contribution is -2.29. The van der Waals surface area contributed by atoms with Gasteiger partial charge in [-0.15, -0.1) is 0 Å². The molecule has 3 amide bonds. The Hall–Kier alpha value is -4.26. The average molecular weight is 414 g/mol. The lowest BCUT2D eigenvalue weighted by Gasteiger charge is -2.16. The van der Waals surface area contributed by atoms with Crippen molar-refractivity contribution in [3.05, 3.63) is 89.0 Å². The van der Waals surface area contributed by atoms with Crippen molar-refractivity contribution in [1.29, 1.82) is 0 Å². The zero-order chi connectivity index (χ0) is 22.1. The van der Waals surface area contributed by atoms with E-state index < -0.39 is 17.8 Å². The number of anilines is 2. The third kappa shape index (κ3) is 3.81. The van der Waals surface area contributed by atoms with E-state index in [1.54, 1.807) is 30.3 Å². The maximum absolute atomic E-state index is 13.0. The largest absolute Gasteiger partial charge is 0.423 e. The molecule has 0 saturated carbocycles. The van der Waals surface area contributed by atoms with Crippen LogP contribution in [-0.4, -0.2) is 23.7 Å². The number of para-hydroxylation sites is 1. The Morgan fingerprint density at radius 3 is 2.35 bits per heavy atom. The first kappa shape index (κ1) is 20.0. The van der Waals surface area contributed by atoms with Gasteiger partial charge in [-0.25, -0.2) is 9.69 Å². The predicted octanol–water partition coefficient (Wildman–Crippen LogP) is 3.97. The number of ether oxygens (including phenoxy) is 1. The maximum Gasteiger partial charge on any atom is 0.343 e. The Balaban J connectivity index is 1.60. The number of rotatable bonds is 4. The van der Waals surface area contributed by atoms with Gasteiger partial charge in [0.2, 0.25) is 5.91 Å². The number of hydrogen-bond acceptors (Lipinski definition) is 5. The molecule has 7 nitrogen and oxygen atoms in total. The lowest BCUT2D eigenvalue weighted by molar-refractivity contribution is -0.114. The van der Waals surface area contributed by atoms with Gasteiger partial charge in [-0.2, -0.15) is 0 Å². The number of fused-ring (bicyclic) bond motifs is 1. The van der Waals surface area contributed by atoms with Crippen molar-refractivity contribution in [1.82, 2.24) is 0 Å². The number of carbonyl (C=O) groups is 4. The van der Waals surface area contributed by atoms with Gasteiger partial charge in [0, 0.05) is 18.7 Å². The first-order valence-electron chi connectivity index (χ1n) is 9.53. The molecule has 1 N–H and O–H groups in total. The average Bonchev–Trinajstić information content (AvgIpc) is 2.98. The third-order valence-electron chi connectivity index (χ3n) is 4.84. The molecule has 1 aliphatic rings. The number of nitrogens with one attached hydrogen (secondary N) is 1. The molecule has 31 heavy (non-hydrogen) atoms. The number of carbonyl (C=O) groups excluding carboxylic acids is 4. The number of nitrogens with zero attached hydrogens (tertiary/aromatic N) is 1. The van der Waals surface area contributed by atoms with Gasteiger partial charge in [0.15, 0.2) is 0 Å². The summed E-state index contributed by atoms with van der Waals surface area (Å²) in [6, 6.07) is 17.8. The highest BCUT2D eigenvalue weighted by Gasteiger charge is 2.37. The summed E-state index contributed by atoms with van der Waals surface area (Å²) >= 11 is 0. The Bertz CT molecular complexity index is 1250. The van der Waals surface area contributed by atoms with Crippen LogP contribution in [0.2, 0.25) is 0 Å². The molecule has 0 radical (unpaired) electrons. The fourth-order valence-electron chi connectivity index (χ4n) is 3.41. The molecule has 1 heterocycles. The Morgan fingerprint density at radius 2 is 1.61 bits per heavy atom. The molecular formula is C24H18N2O5. The molecule has 0 unspecified atom stereocenters. The number of hydrogen-bond donors (Lipinski definition) is 1. The monoisotopic (exact) mass is 414 g/mol. The van der Waals surface area contributed by atoms with Gasteiger partial charge in [-0.05, 0) is 48.9 Å². The van der Waals surface area contributed by atoms with Gasteiger partial charge in [-0.1, -0.05) is 24.3 Å². The molecule has 3 aromatic carbocycles. The fraction of sp³-hybridized carbons (Fsp3) is 0.0833. The van der Waals surface area contributed by atoms with Crippen molar-refractivity contribution in [3.8, 4) is 5.75 Å². The smallest absolute Gasteiger partial charge is 0.343 e. The van der Waals surface area contributed by atoms with E-state index in [9.17, 15) is 19.2 Å². The summed E-state index contributed by atoms with van der Waals surface area (Å²) in [5, 5.41) is 2.61. The minimum absolute atomic E-state index is 0.136. The predicted molar refractivity (Wildman–Crippen MR) is 114 cm³/mol. The van der Waals surface area contributed by atoms with Gasteiger partial charge in [0.1, 0.15) is 5.75 Å².